The van der Waals surface area contributed by atoms with E-state index in [1.807, 2.05) is 13.0 Å². The monoisotopic (exact) mass is 870 g/mol. The molecule has 0 spiro atoms. The Morgan fingerprint density at radius 3 is 1.56 bits per heavy atom. The zero-order chi connectivity index (χ0) is 43.6. The standard InChI is InChI=1S/C41H62N2O14S2/c1-27(2)39(48)56-23-21-53-32(44)13-9-7-11-17-51-34(46)15-19-50-31-25-29(5)36(38-37(31)58-41(59-38)30(26-42)43-6)55-20-16-35(47)52-18-12-8-10-14-33(45)54-22-24-57-40(49)28(3)4/h25,32-35,39-40,44-49H,1,3,7-24H2,2,4-5H3/b41-30+. The van der Waals surface area contributed by atoms with E-state index in [9.17, 15) is 35.9 Å². The number of benzene rings is 1. The predicted molar refractivity (Wildman–Crippen MR) is 221 cm³/mol. The molecule has 1 aromatic carbocycles. The van der Waals surface area contributed by atoms with Crippen LogP contribution in [0.4, 0.5) is 0 Å². The molecule has 1 heterocycles. The number of nitriles is 1. The van der Waals surface area contributed by atoms with Gasteiger partial charge in [-0.1, -0.05) is 49.5 Å². The molecule has 1 aliphatic rings. The minimum atomic E-state index is -1.06. The van der Waals surface area contributed by atoms with Gasteiger partial charge in [0.05, 0.1) is 66.3 Å². The zero-order valence-electron chi connectivity index (χ0n) is 34.3. The second kappa shape index (κ2) is 30.3. The number of aliphatic hydroxyl groups is 6. The van der Waals surface area contributed by atoms with Gasteiger partial charge < -0.3 is 68.5 Å². The Morgan fingerprint density at radius 2 is 1.08 bits per heavy atom. The van der Waals surface area contributed by atoms with Gasteiger partial charge in [-0.15, -0.1) is 0 Å². The zero-order valence-corrected chi connectivity index (χ0v) is 36.0. The minimum absolute atomic E-state index is 0.0447. The normalized spacial score (nSPS) is 16.3. The number of aliphatic hydroxyl groups excluding tert-OH is 6. The van der Waals surface area contributed by atoms with E-state index in [0.717, 1.165) is 18.4 Å². The third-order valence-electron chi connectivity index (χ3n) is 8.37. The summed E-state index contributed by atoms with van der Waals surface area (Å²) in [5, 5.41) is 69.3. The Bertz CT molecular complexity index is 1520. The van der Waals surface area contributed by atoms with Gasteiger partial charge in [-0.2, -0.15) is 0 Å². The second-order valence-electron chi connectivity index (χ2n) is 13.7. The van der Waals surface area contributed by atoms with E-state index in [0.29, 0.717) is 88.4 Å². The summed E-state index contributed by atoms with van der Waals surface area (Å²) in [7, 11) is 0. The fraction of sp³-hybridized carbons (Fsp3) is 0.659. The molecule has 0 fully saturated rings. The molecule has 2 rings (SSSR count). The van der Waals surface area contributed by atoms with Gasteiger partial charge in [0.25, 0.3) is 5.70 Å². The molecule has 6 unspecified atom stereocenters. The van der Waals surface area contributed by atoms with Crippen molar-refractivity contribution >= 4 is 23.5 Å². The van der Waals surface area contributed by atoms with Crippen molar-refractivity contribution in [2.24, 2.45) is 0 Å². The molecule has 0 bridgehead atoms. The Balaban J connectivity index is 1.73. The molecular weight excluding hydrogens is 809 g/mol. The van der Waals surface area contributed by atoms with Gasteiger partial charge in [0.15, 0.2) is 37.7 Å². The summed E-state index contributed by atoms with van der Waals surface area (Å²) in [5.74, 6) is 1.06. The topological polar surface area (TPSA) is 223 Å². The molecule has 18 heteroatoms. The van der Waals surface area contributed by atoms with Crippen molar-refractivity contribution in [1.29, 1.82) is 5.26 Å². The van der Waals surface area contributed by atoms with Crippen LogP contribution in [0.3, 0.4) is 0 Å². The van der Waals surface area contributed by atoms with E-state index in [1.165, 1.54) is 23.5 Å². The summed E-state index contributed by atoms with van der Waals surface area (Å²) < 4.78 is 44.5. The van der Waals surface area contributed by atoms with Gasteiger partial charge in [-0.25, -0.2) is 10.1 Å². The van der Waals surface area contributed by atoms with E-state index in [4.69, 9.17) is 44.5 Å². The third kappa shape index (κ3) is 21.5. The first-order chi connectivity index (χ1) is 28.3. The van der Waals surface area contributed by atoms with Crippen LogP contribution in [-0.4, -0.2) is 121 Å². The van der Waals surface area contributed by atoms with Crippen molar-refractivity contribution in [2.75, 3.05) is 52.9 Å². The van der Waals surface area contributed by atoms with E-state index >= 15 is 0 Å². The summed E-state index contributed by atoms with van der Waals surface area (Å²) in [6, 6.07) is 3.74. The van der Waals surface area contributed by atoms with Crippen LogP contribution in [0.25, 0.3) is 4.85 Å². The lowest BCUT2D eigenvalue weighted by Gasteiger charge is -2.18. The van der Waals surface area contributed by atoms with Crippen molar-refractivity contribution in [1.82, 2.24) is 0 Å². The maximum atomic E-state index is 10.4. The molecule has 1 aromatic rings. The minimum Gasteiger partial charge on any atom is -0.492 e. The highest BCUT2D eigenvalue weighted by atomic mass is 32.2. The molecule has 0 aromatic heterocycles. The molecule has 16 nitrogen and oxygen atoms in total. The summed E-state index contributed by atoms with van der Waals surface area (Å²) in [4.78, 5) is 4.74. The molecule has 59 heavy (non-hydrogen) atoms. The van der Waals surface area contributed by atoms with Crippen molar-refractivity contribution in [2.45, 2.75) is 133 Å². The maximum Gasteiger partial charge on any atom is 0.282 e. The van der Waals surface area contributed by atoms with Gasteiger partial charge in [0, 0.05) is 26.1 Å². The average molecular weight is 871 g/mol. The fourth-order valence-corrected chi connectivity index (χ4v) is 7.66. The third-order valence-corrected chi connectivity index (χ3v) is 11.0. The molecule has 0 saturated heterocycles. The predicted octanol–water partition coefficient (Wildman–Crippen LogP) is 5.63. The largest absolute Gasteiger partial charge is 0.492 e. The van der Waals surface area contributed by atoms with Gasteiger partial charge in [-0.3, -0.25) is 0 Å². The number of aryl methyl sites for hydroxylation is 1. The van der Waals surface area contributed by atoms with Crippen LogP contribution >= 0.6 is 23.5 Å². The number of ether oxygens (including phenoxy) is 8. The first-order valence-corrected chi connectivity index (χ1v) is 21.3. The summed E-state index contributed by atoms with van der Waals surface area (Å²) >= 11 is 2.49. The second-order valence-corrected chi connectivity index (χ2v) is 16.0. The summed E-state index contributed by atoms with van der Waals surface area (Å²) in [5.41, 5.74) is 1.68. The SMILES string of the molecule is [C-]#[N+]/C(C#N)=C1\Sc2c(OCCC(O)OCCCCCC(O)OCCOC(O)C(=C)C)cc(C)c(OCCC(O)OCCCCCC(O)OCCOC(O)C(=C)C)c2S1. The quantitative estimate of drug-likeness (QED) is 0.0162. The lowest BCUT2D eigenvalue weighted by molar-refractivity contribution is -0.140. The average Bonchev–Trinajstić information content (AvgIpc) is 3.64. The molecule has 0 saturated carbocycles. The van der Waals surface area contributed by atoms with Gasteiger partial charge in [0.1, 0.15) is 11.5 Å². The lowest BCUT2D eigenvalue weighted by atomic mass is 10.2. The number of rotatable bonds is 34. The Kier molecular flexibility index (Phi) is 26.9. The van der Waals surface area contributed by atoms with Crippen LogP contribution in [0.5, 0.6) is 11.5 Å². The molecular formula is C41H62N2O14S2. The first-order valence-electron chi connectivity index (χ1n) is 19.7. The van der Waals surface area contributed by atoms with E-state index in [1.54, 1.807) is 19.9 Å². The molecule has 6 atom stereocenters. The number of hydrogen-bond acceptors (Lipinski definition) is 17. The van der Waals surface area contributed by atoms with Gasteiger partial charge in [-0.05, 0) is 82.1 Å². The summed E-state index contributed by atoms with van der Waals surface area (Å²) in [6.45, 7) is 21.2. The van der Waals surface area contributed by atoms with Crippen LogP contribution < -0.4 is 9.47 Å². The van der Waals surface area contributed by atoms with Crippen molar-refractivity contribution in [3.05, 3.63) is 57.3 Å². The van der Waals surface area contributed by atoms with Crippen LogP contribution in [0.2, 0.25) is 0 Å². The van der Waals surface area contributed by atoms with Crippen LogP contribution in [0.1, 0.15) is 83.6 Å². The molecule has 0 amide bonds. The Labute approximate surface area is 356 Å². The highest BCUT2D eigenvalue weighted by molar-refractivity contribution is 8.24. The van der Waals surface area contributed by atoms with Crippen LogP contribution in [0, 0.1) is 24.8 Å². The first kappa shape index (κ1) is 52.4. The number of fused-ring (bicyclic) bond motifs is 1. The number of unbranched alkanes of at least 4 members (excludes halogenated alkanes) is 4. The fourth-order valence-electron chi connectivity index (χ4n) is 5.09. The molecule has 332 valence electrons. The van der Waals surface area contributed by atoms with E-state index in [2.05, 4.69) is 18.0 Å². The van der Waals surface area contributed by atoms with Crippen molar-refractivity contribution in [3.8, 4) is 17.6 Å². The smallest absolute Gasteiger partial charge is 0.282 e. The van der Waals surface area contributed by atoms with Crippen LogP contribution in [-0.2, 0) is 28.4 Å². The number of thioether (sulfide) groups is 2. The van der Waals surface area contributed by atoms with Crippen molar-refractivity contribution < 1.29 is 68.5 Å². The number of nitrogens with zero attached hydrogens (tertiary/aromatic N) is 2. The summed E-state index contributed by atoms with van der Waals surface area (Å²) in [6.07, 6.45) is -0.610. The van der Waals surface area contributed by atoms with Crippen molar-refractivity contribution in [3.63, 3.8) is 0 Å². The highest BCUT2D eigenvalue weighted by Crippen LogP contribution is 2.59. The molecule has 0 radical (unpaired) electrons. The van der Waals surface area contributed by atoms with E-state index in [-0.39, 0.29) is 58.2 Å². The number of allylic oxidation sites excluding steroid dienone is 1. The van der Waals surface area contributed by atoms with Gasteiger partial charge >= 0.3 is 0 Å². The molecule has 1 aliphatic heterocycles. The lowest BCUT2D eigenvalue weighted by Crippen LogP contribution is -2.20. The Hall–Kier alpha value is -2.76. The van der Waals surface area contributed by atoms with Crippen LogP contribution in [0.15, 0.2) is 50.1 Å². The van der Waals surface area contributed by atoms with Gasteiger partial charge in [0.2, 0.25) is 0 Å². The van der Waals surface area contributed by atoms with E-state index < -0.39 is 37.7 Å². The number of hydrogen-bond donors (Lipinski definition) is 6. The molecule has 0 aliphatic carbocycles. The highest BCUT2D eigenvalue weighted by Gasteiger charge is 2.30. The molecule has 6 N–H and O–H groups in total. The maximum absolute atomic E-state index is 10.4. The Morgan fingerprint density at radius 1 is 0.644 bits per heavy atom.